The summed E-state index contributed by atoms with van der Waals surface area (Å²) in [6.07, 6.45) is 2.31. The Labute approximate surface area is 84.3 Å². The topological polar surface area (TPSA) is 129 Å². The largest absolute Gasteiger partial charge is 0.396 e. The van der Waals surface area contributed by atoms with Crippen LogP contribution < -0.4 is 0 Å². The van der Waals surface area contributed by atoms with Crippen LogP contribution in [0, 0.1) is 0 Å². The SMILES string of the molecule is CCCO.CS(=O)(=O)O.CS(=O)(=O)O. The Kier molecular flexibility index (Phi) is 12.9. The number of aliphatic hydroxyl groups excluding tert-OH is 1. The van der Waals surface area contributed by atoms with Crippen molar-refractivity contribution < 1.29 is 31.0 Å². The van der Waals surface area contributed by atoms with Gasteiger partial charge in [0.15, 0.2) is 0 Å². The molecule has 0 aromatic heterocycles. The Morgan fingerprint density at radius 3 is 1.00 bits per heavy atom. The molecule has 3 N–H and O–H groups in total. The highest BCUT2D eigenvalue weighted by Gasteiger charge is 1.81. The molecule has 0 unspecified atom stereocenters. The van der Waals surface area contributed by atoms with Gasteiger partial charge in [0.1, 0.15) is 0 Å². The number of hydrogen-bond donors (Lipinski definition) is 3. The molecule has 0 fully saturated rings. The highest BCUT2D eigenvalue weighted by atomic mass is 32.2. The van der Waals surface area contributed by atoms with Gasteiger partial charge < -0.3 is 5.11 Å². The molecule has 0 aliphatic rings. The highest BCUT2D eigenvalue weighted by molar-refractivity contribution is 7.85. The molecule has 0 atom stereocenters. The van der Waals surface area contributed by atoms with E-state index in [1.165, 1.54) is 0 Å². The molecule has 0 aliphatic heterocycles. The van der Waals surface area contributed by atoms with Crippen molar-refractivity contribution in [3.05, 3.63) is 0 Å². The van der Waals surface area contributed by atoms with Crippen molar-refractivity contribution in [3.8, 4) is 0 Å². The lowest BCUT2D eigenvalue weighted by Gasteiger charge is -1.69. The first-order valence-corrected chi connectivity index (χ1v) is 7.07. The molecule has 0 amide bonds. The second-order valence-electron chi connectivity index (χ2n) is 2.19. The lowest BCUT2D eigenvalue weighted by Crippen LogP contribution is -1.88. The summed E-state index contributed by atoms with van der Waals surface area (Å²) in [4.78, 5) is 0. The van der Waals surface area contributed by atoms with E-state index in [9.17, 15) is 16.8 Å². The van der Waals surface area contributed by atoms with Gasteiger partial charge in [0.25, 0.3) is 20.2 Å². The molecule has 0 saturated heterocycles. The Morgan fingerprint density at radius 1 is 0.929 bits per heavy atom. The molecule has 9 heteroatoms. The van der Waals surface area contributed by atoms with Crippen LogP contribution in [-0.4, -0.2) is 50.2 Å². The summed E-state index contributed by atoms with van der Waals surface area (Å²) in [6, 6.07) is 0. The van der Waals surface area contributed by atoms with Gasteiger partial charge in [-0.1, -0.05) is 6.92 Å². The zero-order valence-corrected chi connectivity index (χ0v) is 9.84. The van der Waals surface area contributed by atoms with Gasteiger partial charge in [-0.2, -0.15) is 16.8 Å². The van der Waals surface area contributed by atoms with Crippen molar-refractivity contribution in [1.82, 2.24) is 0 Å². The third-order valence-electron chi connectivity index (χ3n) is 0.224. The third kappa shape index (κ3) is 2250. The second kappa shape index (κ2) is 9.34. The molecule has 0 aromatic rings. The van der Waals surface area contributed by atoms with E-state index in [4.69, 9.17) is 14.2 Å². The molecule has 0 spiro atoms. The van der Waals surface area contributed by atoms with Crippen molar-refractivity contribution in [2.45, 2.75) is 13.3 Å². The first-order valence-electron chi connectivity index (χ1n) is 3.37. The maximum Gasteiger partial charge on any atom is 0.261 e. The van der Waals surface area contributed by atoms with E-state index in [0.717, 1.165) is 6.42 Å². The Morgan fingerprint density at radius 2 is 1.00 bits per heavy atom. The zero-order valence-electron chi connectivity index (χ0n) is 8.21. The number of rotatable bonds is 1. The maximum atomic E-state index is 9.19. The van der Waals surface area contributed by atoms with Crippen LogP contribution >= 0.6 is 0 Å². The van der Waals surface area contributed by atoms with Gasteiger partial charge in [0.05, 0.1) is 12.5 Å². The van der Waals surface area contributed by atoms with E-state index >= 15 is 0 Å². The Bertz CT molecular complexity index is 240. The van der Waals surface area contributed by atoms with Gasteiger partial charge in [-0.15, -0.1) is 0 Å². The van der Waals surface area contributed by atoms with Crippen LogP contribution in [0.5, 0.6) is 0 Å². The zero-order chi connectivity index (χ0) is 12.4. The molecule has 0 bridgehead atoms. The van der Waals surface area contributed by atoms with E-state index in [2.05, 4.69) is 0 Å². The molecular weight excluding hydrogens is 236 g/mol. The van der Waals surface area contributed by atoms with Crippen LogP contribution in [0.1, 0.15) is 13.3 Å². The van der Waals surface area contributed by atoms with Crippen LogP contribution in [-0.2, 0) is 20.2 Å². The molecule has 90 valence electrons. The summed E-state index contributed by atoms with van der Waals surface area (Å²) in [7, 11) is -7.33. The minimum Gasteiger partial charge on any atom is -0.396 e. The molecule has 0 rings (SSSR count). The Hall–Kier alpha value is -0.220. The number of aliphatic hydroxyl groups is 1. The van der Waals surface area contributed by atoms with Gasteiger partial charge in [-0.3, -0.25) is 9.11 Å². The van der Waals surface area contributed by atoms with Crippen molar-refractivity contribution in [1.29, 1.82) is 0 Å². The lowest BCUT2D eigenvalue weighted by molar-refractivity contribution is 0.295. The van der Waals surface area contributed by atoms with Crippen LogP contribution in [0.4, 0.5) is 0 Å². The van der Waals surface area contributed by atoms with Gasteiger partial charge in [-0.25, -0.2) is 0 Å². The summed E-state index contributed by atoms with van der Waals surface area (Å²) < 4.78 is 51.7. The van der Waals surface area contributed by atoms with Gasteiger partial charge in [-0.05, 0) is 6.42 Å². The van der Waals surface area contributed by atoms with Crippen molar-refractivity contribution in [2.75, 3.05) is 19.1 Å². The van der Waals surface area contributed by atoms with Gasteiger partial charge >= 0.3 is 0 Å². The first kappa shape index (κ1) is 19.4. The molecule has 0 radical (unpaired) electrons. The monoisotopic (exact) mass is 252 g/mol. The second-order valence-corrected chi connectivity index (χ2v) is 5.12. The molecule has 14 heavy (non-hydrogen) atoms. The Balaban J connectivity index is -0.000000131. The van der Waals surface area contributed by atoms with Crippen LogP contribution in [0.25, 0.3) is 0 Å². The molecule has 0 aromatic carbocycles. The van der Waals surface area contributed by atoms with E-state index in [1.54, 1.807) is 0 Å². The minimum atomic E-state index is -3.67. The van der Waals surface area contributed by atoms with Gasteiger partial charge in [0, 0.05) is 6.61 Å². The molecule has 0 heterocycles. The normalized spacial score (nSPS) is 10.4. The van der Waals surface area contributed by atoms with Crippen molar-refractivity contribution >= 4 is 20.2 Å². The summed E-state index contributed by atoms with van der Waals surface area (Å²) in [6.45, 7) is 2.25. The standard InChI is InChI=1S/C3H8O.2CH4O3S/c1-2-3-4;2*1-5(2,3)4/h4H,2-3H2,1H3;2*1H3,(H,2,3,4). The van der Waals surface area contributed by atoms with Crippen LogP contribution in [0.15, 0.2) is 0 Å². The van der Waals surface area contributed by atoms with E-state index in [-0.39, 0.29) is 0 Å². The minimum absolute atomic E-state index is 0.319. The van der Waals surface area contributed by atoms with Crippen LogP contribution in [0.2, 0.25) is 0 Å². The molecule has 7 nitrogen and oxygen atoms in total. The van der Waals surface area contributed by atoms with Crippen molar-refractivity contribution in [3.63, 3.8) is 0 Å². The van der Waals surface area contributed by atoms with Crippen molar-refractivity contribution in [2.24, 2.45) is 0 Å². The first-order chi connectivity index (χ1) is 5.91. The summed E-state index contributed by atoms with van der Waals surface area (Å²) in [5.41, 5.74) is 0. The van der Waals surface area contributed by atoms with Crippen LogP contribution in [0.3, 0.4) is 0 Å². The van der Waals surface area contributed by atoms with E-state index in [0.29, 0.717) is 19.1 Å². The average Bonchev–Trinajstić information content (AvgIpc) is 1.79. The third-order valence-corrected chi connectivity index (χ3v) is 0.224. The average molecular weight is 252 g/mol. The lowest BCUT2D eigenvalue weighted by atomic mass is 10.5. The maximum absolute atomic E-state index is 9.19. The smallest absolute Gasteiger partial charge is 0.261 e. The fourth-order valence-corrected chi connectivity index (χ4v) is 0. The molecule has 0 aliphatic carbocycles. The summed E-state index contributed by atoms with van der Waals surface area (Å²) in [5.74, 6) is 0. The number of hydrogen-bond acceptors (Lipinski definition) is 5. The quantitative estimate of drug-likeness (QED) is 0.531. The predicted molar refractivity (Wildman–Crippen MR) is 52.3 cm³/mol. The summed E-state index contributed by atoms with van der Waals surface area (Å²) in [5, 5.41) is 7.88. The fourth-order valence-electron chi connectivity index (χ4n) is 0. The van der Waals surface area contributed by atoms with E-state index < -0.39 is 20.2 Å². The predicted octanol–water partition coefficient (Wildman–Crippen LogP) is -0.603. The molecule has 0 saturated carbocycles. The van der Waals surface area contributed by atoms with Gasteiger partial charge in [0.2, 0.25) is 0 Å². The molecular formula is C5H16O7S2. The fraction of sp³-hybridized carbons (Fsp3) is 1.00. The van der Waals surface area contributed by atoms with E-state index in [1.807, 2.05) is 6.92 Å². The summed E-state index contributed by atoms with van der Waals surface area (Å²) >= 11 is 0. The highest BCUT2D eigenvalue weighted by Crippen LogP contribution is 1.61.